The Balaban J connectivity index is 1.48. The number of piperidine rings is 1. The van der Waals surface area contributed by atoms with Crippen LogP contribution in [0.4, 0.5) is 4.39 Å². The van der Waals surface area contributed by atoms with E-state index in [1.165, 1.54) is 55.7 Å². The first-order chi connectivity index (χ1) is 15.5. The number of hydrogen-bond acceptors (Lipinski definition) is 4. The molecule has 1 amide bonds. The van der Waals surface area contributed by atoms with Crippen LogP contribution >= 0.6 is 0 Å². The summed E-state index contributed by atoms with van der Waals surface area (Å²) in [6, 6.07) is 10.7. The zero-order valence-electron chi connectivity index (χ0n) is 18.1. The third-order valence-corrected chi connectivity index (χ3v) is 6.10. The molecule has 0 saturated carbocycles. The molecule has 7 nitrogen and oxygen atoms in total. The highest BCUT2D eigenvalue weighted by molar-refractivity contribution is 5.97. The lowest BCUT2D eigenvalue weighted by Gasteiger charge is -2.33. The molecule has 1 saturated heterocycles. The molecule has 0 spiro atoms. The van der Waals surface area contributed by atoms with Gasteiger partial charge in [0.1, 0.15) is 5.82 Å². The van der Waals surface area contributed by atoms with E-state index >= 15 is 0 Å². The van der Waals surface area contributed by atoms with E-state index in [9.17, 15) is 18.8 Å². The van der Waals surface area contributed by atoms with Crippen LogP contribution in [0.2, 0.25) is 0 Å². The van der Waals surface area contributed by atoms with Crippen LogP contribution in [-0.2, 0) is 0 Å². The van der Waals surface area contributed by atoms with Gasteiger partial charge >= 0.3 is 5.69 Å². The smallest absolute Gasteiger partial charge is 0.333 e. The Hall–Kier alpha value is -3.26. The van der Waals surface area contributed by atoms with E-state index in [-0.39, 0.29) is 22.5 Å². The minimum atomic E-state index is -0.763. The Labute approximate surface area is 184 Å². The molecule has 1 fully saturated rings. The molecule has 2 aromatic carbocycles. The second kappa shape index (κ2) is 9.48. The van der Waals surface area contributed by atoms with Crippen molar-refractivity contribution in [1.82, 2.24) is 19.8 Å². The number of nitrogens with one attached hydrogen (secondary N) is 2. The van der Waals surface area contributed by atoms with Crippen LogP contribution in [0, 0.1) is 5.82 Å². The van der Waals surface area contributed by atoms with Gasteiger partial charge in [-0.05, 0) is 63.1 Å². The van der Waals surface area contributed by atoms with Gasteiger partial charge in [0.2, 0.25) is 0 Å². The highest BCUT2D eigenvalue weighted by atomic mass is 19.1. The summed E-state index contributed by atoms with van der Waals surface area (Å²) < 4.78 is 14.9. The summed E-state index contributed by atoms with van der Waals surface area (Å²) in [5.41, 5.74) is -0.937. The Morgan fingerprint density at radius 2 is 2.00 bits per heavy atom. The molecule has 3 aromatic rings. The minimum Gasteiger partial charge on any atom is -0.352 e. The number of halogens is 1. The van der Waals surface area contributed by atoms with E-state index in [0.29, 0.717) is 18.2 Å². The van der Waals surface area contributed by atoms with Gasteiger partial charge in [-0.25, -0.2) is 13.8 Å². The number of hydrogen-bond donors (Lipinski definition) is 2. The minimum absolute atomic E-state index is 0.120. The zero-order valence-corrected chi connectivity index (χ0v) is 18.1. The molecule has 1 aliphatic rings. The lowest BCUT2D eigenvalue weighted by Crippen LogP contribution is -2.39. The Morgan fingerprint density at radius 1 is 1.19 bits per heavy atom. The van der Waals surface area contributed by atoms with Crippen LogP contribution in [0.1, 0.15) is 43.0 Å². The summed E-state index contributed by atoms with van der Waals surface area (Å²) in [4.78, 5) is 43.0. The number of H-pyrrole nitrogens is 1. The predicted octanol–water partition coefficient (Wildman–Crippen LogP) is 2.81. The SMILES string of the molecule is CC1CCCCN1CCCNC(=O)c1ccc2c(=O)n(-c3ccccc3F)c(=O)[nH]c2c1. The number of rotatable bonds is 6. The Kier molecular flexibility index (Phi) is 6.50. The highest BCUT2D eigenvalue weighted by Gasteiger charge is 2.18. The van der Waals surface area contributed by atoms with Crippen LogP contribution in [-0.4, -0.2) is 46.0 Å². The molecule has 0 aliphatic carbocycles. The second-order valence-corrected chi connectivity index (χ2v) is 8.27. The maximum absolute atomic E-state index is 14.1. The Bertz CT molecular complexity index is 1250. The number of carbonyl (C=O) groups excluding carboxylic acids is 1. The number of fused-ring (bicyclic) bond motifs is 1. The number of benzene rings is 2. The van der Waals surface area contributed by atoms with Gasteiger partial charge in [0.15, 0.2) is 0 Å². The zero-order chi connectivity index (χ0) is 22.7. The van der Waals surface area contributed by atoms with Crippen molar-refractivity contribution in [1.29, 1.82) is 0 Å². The highest BCUT2D eigenvalue weighted by Crippen LogP contribution is 2.16. The van der Waals surface area contributed by atoms with Crippen LogP contribution in [0.3, 0.4) is 0 Å². The molecular formula is C24H27FN4O3. The monoisotopic (exact) mass is 438 g/mol. The van der Waals surface area contributed by atoms with Gasteiger partial charge in [0.05, 0.1) is 16.6 Å². The first-order valence-corrected chi connectivity index (χ1v) is 11.0. The van der Waals surface area contributed by atoms with Crippen LogP contribution < -0.4 is 16.6 Å². The van der Waals surface area contributed by atoms with Crippen molar-refractivity contribution in [2.75, 3.05) is 19.6 Å². The number of aromatic amines is 1. The van der Waals surface area contributed by atoms with Crippen molar-refractivity contribution >= 4 is 16.8 Å². The van der Waals surface area contributed by atoms with Gasteiger partial charge in [0.25, 0.3) is 11.5 Å². The van der Waals surface area contributed by atoms with E-state index in [2.05, 4.69) is 22.1 Å². The fourth-order valence-electron chi connectivity index (χ4n) is 4.29. The topological polar surface area (TPSA) is 87.2 Å². The lowest BCUT2D eigenvalue weighted by molar-refractivity contribution is 0.0949. The van der Waals surface area contributed by atoms with E-state index < -0.39 is 17.1 Å². The molecule has 4 rings (SSSR count). The molecule has 1 aliphatic heterocycles. The molecule has 2 heterocycles. The van der Waals surface area contributed by atoms with E-state index in [1.807, 2.05) is 0 Å². The first kappa shape index (κ1) is 22.0. The molecule has 1 atom stereocenters. The molecule has 8 heteroatoms. The molecule has 0 radical (unpaired) electrons. The molecule has 1 unspecified atom stereocenters. The average Bonchev–Trinajstić information content (AvgIpc) is 2.78. The fourth-order valence-corrected chi connectivity index (χ4v) is 4.29. The second-order valence-electron chi connectivity index (χ2n) is 8.27. The largest absolute Gasteiger partial charge is 0.352 e. The molecule has 1 aromatic heterocycles. The van der Waals surface area contributed by atoms with Gasteiger partial charge < -0.3 is 15.2 Å². The van der Waals surface area contributed by atoms with E-state index in [4.69, 9.17) is 0 Å². The summed E-state index contributed by atoms with van der Waals surface area (Å²) in [7, 11) is 0. The number of aromatic nitrogens is 2. The summed E-state index contributed by atoms with van der Waals surface area (Å²) in [5.74, 6) is -0.938. The Morgan fingerprint density at radius 3 is 2.78 bits per heavy atom. The van der Waals surface area contributed by atoms with Crippen molar-refractivity contribution < 1.29 is 9.18 Å². The van der Waals surface area contributed by atoms with Gasteiger partial charge in [0, 0.05) is 24.7 Å². The van der Waals surface area contributed by atoms with Crippen LogP contribution in [0.25, 0.3) is 16.6 Å². The van der Waals surface area contributed by atoms with Crippen LogP contribution in [0.5, 0.6) is 0 Å². The summed E-state index contributed by atoms with van der Waals surface area (Å²) in [6.45, 7) is 4.85. The van der Waals surface area contributed by atoms with Crippen molar-refractivity contribution in [2.24, 2.45) is 0 Å². The third-order valence-electron chi connectivity index (χ3n) is 6.10. The first-order valence-electron chi connectivity index (χ1n) is 11.0. The van der Waals surface area contributed by atoms with Crippen molar-refractivity contribution in [2.45, 2.75) is 38.6 Å². The number of likely N-dealkylation sites (tertiary alicyclic amines) is 1. The van der Waals surface area contributed by atoms with Crippen molar-refractivity contribution in [3.05, 3.63) is 74.7 Å². The summed E-state index contributed by atoms with van der Waals surface area (Å²) in [6.07, 6.45) is 4.59. The number of para-hydroxylation sites is 1. The summed E-state index contributed by atoms with van der Waals surface area (Å²) >= 11 is 0. The van der Waals surface area contributed by atoms with Crippen LogP contribution in [0.15, 0.2) is 52.1 Å². The average molecular weight is 439 g/mol. The normalized spacial score (nSPS) is 16.9. The molecular weight excluding hydrogens is 411 g/mol. The summed E-state index contributed by atoms with van der Waals surface area (Å²) in [5, 5.41) is 3.10. The van der Waals surface area contributed by atoms with E-state index in [0.717, 1.165) is 24.1 Å². The van der Waals surface area contributed by atoms with Crippen molar-refractivity contribution in [3.8, 4) is 5.69 Å². The molecule has 168 valence electrons. The predicted molar refractivity (Wildman–Crippen MR) is 122 cm³/mol. The molecule has 32 heavy (non-hydrogen) atoms. The third kappa shape index (κ3) is 4.50. The van der Waals surface area contributed by atoms with Gasteiger partial charge in [-0.3, -0.25) is 9.59 Å². The lowest BCUT2D eigenvalue weighted by atomic mass is 10.0. The van der Waals surface area contributed by atoms with Crippen molar-refractivity contribution in [3.63, 3.8) is 0 Å². The van der Waals surface area contributed by atoms with Gasteiger partial charge in [-0.15, -0.1) is 0 Å². The number of amides is 1. The molecule has 0 bridgehead atoms. The van der Waals surface area contributed by atoms with Gasteiger partial charge in [-0.1, -0.05) is 18.6 Å². The number of nitrogens with zero attached hydrogens (tertiary/aromatic N) is 2. The standard InChI is InChI=1S/C24H27FN4O3/c1-16-7-4-5-13-28(16)14-6-12-26-22(30)17-10-11-18-20(15-17)27-24(32)29(23(18)31)21-9-3-2-8-19(21)25/h2-3,8-11,15-16H,4-7,12-14H2,1H3,(H,26,30)(H,27,32). The quantitative estimate of drug-likeness (QED) is 0.580. The maximum atomic E-state index is 14.1. The maximum Gasteiger partial charge on any atom is 0.333 e. The van der Waals surface area contributed by atoms with E-state index in [1.54, 1.807) is 6.07 Å². The molecule has 2 N–H and O–H groups in total. The fraction of sp³-hybridized carbons (Fsp3) is 0.375. The van der Waals surface area contributed by atoms with Gasteiger partial charge in [-0.2, -0.15) is 0 Å². The number of carbonyl (C=O) groups is 1.